The Bertz CT molecular complexity index is 277. The molecule has 0 heterocycles. The third-order valence-corrected chi connectivity index (χ3v) is 2.06. The number of hydrogen-bond donors (Lipinski definition) is 4. The van der Waals surface area contributed by atoms with E-state index >= 15 is 0 Å². The molecule has 0 aliphatic carbocycles. The van der Waals surface area contributed by atoms with E-state index in [9.17, 15) is 9.18 Å². The second-order valence-electron chi connectivity index (χ2n) is 3.75. The second kappa shape index (κ2) is 7.08. The lowest BCUT2D eigenvalue weighted by Crippen LogP contribution is -2.44. The van der Waals surface area contributed by atoms with Gasteiger partial charge in [0.15, 0.2) is 0 Å². The Morgan fingerprint density at radius 2 is 2.31 bits per heavy atom. The van der Waals surface area contributed by atoms with Crippen LogP contribution in [0.4, 0.5) is 4.39 Å². The van der Waals surface area contributed by atoms with Gasteiger partial charge in [0.25, 0.3) is 0 Å². The molecule has 92 valence electrons. The highest BCUT2D eigenvalue weighted by Gasteiger charge is 2.26. The van der Waals surface area contributed by atoms with Gasteiger partial charge in [-0.15, -0.1) is 0 Å². The average Bonchev–Trinajstić information content (AvgIpc) is 2.17. The molecule has 16 heavy (non-hydrogen) atoms. The molecular formula is C10H18FN3O2. The molecule has 0 aliphatic heterocycles. The van der Waals surface area contributed by atoms with Crippen LogP contribution in [0.3, 0.4) is 0 Å². The van der Waals surface area contributed by atoms with Crippen molar-refractivity contribution in [3.05, 3.63) is 11.9 Å². The lowest BCUT2D eigenvalue weighted by atomic mass is 9.97. The molecule has 0 rings (SSSR count). The van der Waals surface area contributed by atoms with E-state index in [0.717, 1.165) is 6.21 Å². The first-order valence-corrected chi connectivity index (χ1v) is 4.96. The van der Waals surface area contributed by atoms with E-state index in [1.54, 1.807) is 0 Å². The van der Waals surface area contributed by atoms with Gasteiger partial charge in [-0.1, -0.05) is 6.08 Å². The first kappa shape index (κ1) is 14.7. The van der Waals surface area contributed by atoms with Crippen LogP contribution < -0.4 is 11.1 Å². The number of aliphatic carboxylic acids is 1. The van der Waals surface area contributed by atoms with E-state index < -0.39 is 11.5 Å². The molecular weight excluding hydrogens is 213 g/mol. The Labute approximate surface area is 94.0 Å². The quantitative estimate of drug-likeness (QED) is 0.364. The maximum absolute atomic E-state index is 13.0. The summed E-state index contributed by atoms with van der Waals surface area (Å²) in [5.74, 6) is -1.47. The van der Waals surface area contributed by atoms with Crippen LogP contribution in [0, 0.1) is 5.41 Å². The summed E-state index contributed by atoms with van der Waals surface area (Å²) in [6.45, 7) is 1.75. The van der Waals surface area contributed by atoms with Gasteiger partial charge in [0.2, 0.25) is 0 Å². The van der Waals surface area contributed by atoms with Crippen molar-refractivity contribution < 1.29 is 14.3 Å². The third-order valence-electron chi connectivity index (χ3n) is 2.06. The topological polar surface area (TPSA) is 99.2 Å². The standard InChI is InChI=1S/C10H18FN3O2/c1-10(13,9(15)16)4-2-3-8(11)7-14-6-5-12/h3,5,12,14H,2,4,6-7,13H2,1H3,(H,15,16). The SMILES string of the molecule is CC(N)(CCC=C(F)CNCC=N)C(=O)O. The third kappa shape index (κ3) is 6.26. The molecule has 0 aromatic carbocycles. The fraction of sp³-hybridized carbons (Fsp3) is 0.600. The van der Waals surface area contributed by atoms with Crippen LogP contribution in [0.2, 0.25) is 0 Å². The number of carboxylic acid groups (broad SMARTS) is 1. The van der Waals surface area contributed by atoms with E-state index in [2.05, 4.69) is 5.32 Å². The zero-order valence-corrected chi connectivity index (χ0v) is 9.29. The number of nitrogens with one attached hydrogen (secondary N) is 2. The highest BCUT2D eigenvalue weighted by molar-refractivity contribution is 5.77. The number of halogens is 1. The van der Waals surface area contributed by atoms with Gasteiger partial charge in [-0.25, -0.2) is 4.39 Å². The molecule has 0 bridgehead atoms. The summed E-state index contributed by atoms with van der Waals surface area (Å²) in [4.78, 5) is 10.6. The van der Waals surface area contributed by atoms with Gasteiger partial charge in [-0.05, 0) is 19.8 Å². The molecule has 0 spiro atoms. The van der Waals surface area contributed by atoms with Crippen LogP contribution in [-0.2, 0) is 4.79 Å². The summed E-state index contributed by atoms with van der Waals surface area (Å²) in [7, 11) is 0. The lowest BCUT2D eigenvalue weighted by Gasteiger charge is -2.17. The van der Waals surface area contributed by atoms with E-state index in [4.69, 9.17) is 16.2 Å². The summed E-state index contributed by atoms with van der Waals surface area (Å²) in [6.07, 6.45) is 2.90. The molecule has 6 heteroatoms. The van der Waals surface area contributed by atoms with Crippen molar-refractivity contribution in [2.75, 3.05) is 13.1 Å². The maximum atomic E-state index is 13.0. The molecule has 1 atom stereocenters. The Balaban J connectivity index is 3.90. The number of rotatable bonds is 8. The zero-order valence-electron chi connectivity index (χ0n) is 9.29. The van der Waals surface area contributed by atoms with E-state index in [-0.39, 0.29) is 25.2 Å². The number of hydrogen-bond acceptors (Lipinski definition) is 4. The van der Waals surface area contributed by atoms with Gasteiger partial charge < -0.3 is 21.6 Å². The zero-order chi connectivity index (χ0) is 12.6. The highest BCUT2D eigenvalue weighted by atomic mass is 19.1. The molecule has 0 aromatic heterocycles. The van der Waals surface area contributed by atoms with Crippen molar-refractivity contribution in [3.63, 3.8) is 0 Å². The van der Waals surface area contributed by atoms with E-state index in [1.165, 1.54) is 13.0 Å². The average molecular weight is 231 g/mol. The first-order valence-electron chi connectivity index (χ1n) is 4.96. The lowest BCUT2D eigenvalue weighted by molar-refractivity contribution is -0.142. The Kier molecular flexibility index (Phi) is 6.52. The molecule has 0 saturated carbocycles. The van der Waals surface area contributed by atoms with Gasteiger partial charge in [0, 0.05) is 19.3 Å². The molecule has 1 unspecified atom stereocenters. The molecule has 5 N–H and O–H groups in total. The largest absolute Gasteiger partial charge is 0.480 e. The van der Waals surface area contributed by atoms with Crippen molar-refractivity contribution in [1.82, 2.24) is 5.32 Å². The summed E-state index contributed by atoms with van der Waals surface area (Å²) < 4.78 is 13.0. The highest BCUT2D eigenvalue weighted by Crippen LogP contribution is 2.10. The van der Waals surface area contributed by atoms with Crippen molar-refractivity contribution in [2.45, 2.75) is 25.3 Å². The smallest absolute Gasteiger partial charge is 0.323 e. The van der Waals surface area contributed by atoms with Crippen molar-refractivity contribution in [1.29, 1.82) is 5.41 Å². The fourth-order valence-electron chi connectivity index (χ4n) is 0.971. The molecule has 0 fully saturated rings. The maximum Gasteiger partial charge on any atom is 0.323 e. The van der Waals surface area contributed by atoms with Crippen LogP contribution in [0.15, 0.2) is 11.9 Å². The van der Waals surface area contributed by atoms with Crippen molar-refractivity contribution >= 4 is 12.2 Å². The molecule has 0 aromatic rings. The van der Waals surface area contributed by atoms with E-state index in [0.29, 0.717) is 6.54 Å². The van der Waals surface area contributed by atoms with Gasteiger partial charge >= 0.3 is 5.97 Å². The Hall–Kier alpha value is -1.27. The normalized spacial score (nSPS) is 15.6. The van der Waals surface area contributed by atoms with Crippen LogP contribution in [0.5, 0.6) is 0 Å². The molecule has 5 nitrogen and oxygen atoms in total. The number of carbonyl (C=O) groups is 1. The molecule has 0 saturated heterocycles. The molecule has 0 aliphatic rings. The summed E-state index contributed by atoms with van der Waals surface area (Å²) in [5.41, 5.74) is 4.15. The second-order valence-corrected chi connectivity index (χ2v) is 3.75. The summed E-state index contributed by atoms with van der Waals surface area (Å²) in [5, 5.41) is 18.1. The number of carboxylic acids is 1. The number of nitrogens with two attached hydrogens (primary N) is 1. The molecule has 0 amide bonds. The Morgan fingerprint density at radius 3 is 2.81 bits per heavy atom. The monoisotopic (exact) mass is 231 g/mol. The van der Waals surface area contributed by atoms with Crippen LogP contribution in [0.1, 0.15) is 19.8 Å². The van der Waals surface area contributed by atoms with Gasteiger partial charge in [-0.2, -0.15) is 0 Å². The predicted molar refractivity (Wildman–Crippen MR) is 60.3 cm³/mol. The fourth-order valence-corrected chi connectivity index (χ4v) is 0.971. The molecule has 0 radical (unpaired) electrons. The van der Waals surface area contributed by atoms with Crippen LogP contribution in [-0.4, -0.2) is 35.9 Å². The van der Waals surface area contributed by atoms with Gasteiger partial charge in [0.1, 0.15) is 11.4 Å². The Morgan fingerprint density at radius 1 is 1.69 bits per heavy atom. The first-order chi connectivity index (χ1) is 7.40. The summed E-state index contributed by atoms with van der Waals surface area (Å²) >= 11 is 0. The van der Waals surface area contributed by atoms with Crippen molar-refractivity contribution in [2.24, 2.45) is 5.73 Å². The minimum Gasteiger partial charge on any atom is -0.480 e. The van der Waals surface area contributed by atoms with Crippen molar-refractivity contribution in [3.8, 4) is 0 Å². The van der Waals surface area contributed by atoms with Gasteiger partial charge in [-0.3, -0.25) is 4.79 Å². The van der Waals surface area contributed by atoms with Crippen LogP contribution >= 0.6 is 0 Å². The summed E-state index contributed by atoms with van der Waals surface area (Å²) in [6, 6.07) is 0. The minimum absolute atomic E-state index is 0.0454. The van der Waals surface area contributed by atoms with E-state index in [1.807, 2.05) is 0 Å². The predicted octanol–water partition coefficient (Wildman–Crippen LogP) is 0.661. The van der Waals surface area contributed by atoms with Gasteiger partial charge in [0.05, 0.1) is 0 Å². The van der Waals surface area contributed by atoms with Crippen LogP contribution in [0.25, 0.3) is 0 Å². The number of allylic oxidation sites excluding steroid dienone is 1. The minimum atomic E-state index is -1.32.